The Kier molecular flexibility index (Phi) is 7.08. The Balaban J connectivity index is 1.39. The van der Waals surface area contributed by atoms with Crippen LogP contribution in [0, 0.1) is 0 Å². The number of rotatable bonds is 6. The van der Waals surface area contributed by atoms with Crippen LogP contribution in [0.15, 0.2) is 41.0 Å². The molecule has 8 heteroatoms. The zero-order valence-corrected chi connectivity index (χ0v) is 17.9. The van der Waals surface area contributed by atoms with Crippen molar-refractivity contribution in [1.29, 1.82) is 0 Å². The largest absolute Gasteiger partial charge is 0.363 e. The highest BCUT2D eigenvalue weighted by Gasteiger charge is 2.23. The summed E-state index contributed by atoms with van der Waals surface area (Å²) in [5.41, 5.74) is 1.08. The van der Waals surface area contributed by atoms with Crippen LogP contribution in [0.25, 0.3) is 0 Å². The first-order valence-corrected chi connectivity index (χ1v) is 10.3. The van der Waals surface area contributed by atoms with Gasteiger partial charge in [-0.3, -0.25) is 0 Å². The Morgan fingerprint density at radius 1 is 1.11 bits per heavy atom. The maximum Gasteiger partial charge on any atom is 0.315 e. The van der Waals surface area contributed by atoms with Gasteiger partial charge in [-0.2, -0.15) is 4.98 Å². The van der Waals surface area contributed by atoms with Gasteiger partial charge in [0.25, 0.3) is 0 Å². The summed E-state index contributed by atoms with van der Waals surface area (Å²) >= 11 is 3.41. The lowest BCUT2D eigenvalue weighted by molar-refractivity contribution is 0.231. The number of amides is 2. The first-order valence-electron chi connectivity index (χ1n) is 9.55. The Bertz CT molecular complexity index is 775. The summed E-state index contributed by atoms with van der Waals surface area (Å²) < 4.78 is 1.03. The van der Waals surface area contributed by atoms with Crippen molar-refractivity contribution >= 4 is 33.7 Å². The van der Waals surface area contributed by atoms with Gasteiger partial charge in [0.1, 0.15) is 5.82 Å². The first-order chi connectivity index (χ1) is 13.5. The molecule has 1 aliphatic carbocycles. The minimum atomic E-state index is -0.110. The zero-order chi connectivity index (χ0) is 19.9. The Morgan fingerprint density at radius 2 is 1.79 bits per heavy atom. The van der Waals surface area contributed by atoms with E-state index in [0.717, 1.165) is 41.5 Å². The normalized spacial score (nSPS) is 19.0. The number of benzene rings is 1. The molecular formula is C20H27BrN6O. The van der Waals surface area contributed by atoms with Crippen LogP contribution >= 0.6 is 15.9 Å². The topological polar surface area (TPSA) is 82.2 Å². The van der Waals surface area contributed by atoms with Crippen LogP contribution in [0.2, 0.25) is 0 Å². The van der Waals surface area contributed by atoms with Crippen molar-refractivity contribution in [2.75, 3.05) is 24.3 Å². The minimum absolute atomic E-state index is 0.110. The predicted molar refractivity (Wildman–Crippen MR) is 116 cm³/mol. The van der Waals surface area contributed by atoms with Gasteiger partial charge in [-0.05, 0) is 49.4 Å². The molecule has 7 nitrogen and oxygen atoms in total. The Morgan fingerprint density at radius 3 is 2.46 bits per heavy atom. The Hall–Kier alpha value is -2.35. The molecule has 1 heterocycles. The summed E-state index contributed by atoms with van der Waals surface area (Å²) in [4.78, 5) is 22.9. The van der Waals surface area contributed by atoms with Crippen LogP contribution in [-0.2, 0) is 6.54 Å². The molecule has 1 fully saturated rings. The summed E-state index contributed by atoms with van der Waals surface area (Å²) in [6.07, 6.45) is 5.61. The summed E-state index contributed by atoms with van der Waals surface area (Å²) in [6.45, 7) is 0.523. The second-order valence-corrected chi connectivity index (χ2v) is 8.19. The maximum absolute atomic E-state index is 12.2. The van der Waals surface area contributed by atoms with Gasteiger partial charge in [0.15, 0.2) is 0 Å². The fourth-order valence-corrected chi connectivity index (χ4v) is 3.52. The lowest BCUT2D eigenvalue weighted by Crippen LogP contribution is -2.44. The molecule has 0 spiro atoms. The van der Waals surface area contributed by atoms with E-state index in [1.165, 1.54) is 0 Å². The highest BCUT2D eigenvalue weighted by atomic mass is 79.9. The summed E-state index contributed by atoms with van der Waals surface area (Å²) in [5, 5.41) is 9.43. The van der Waals surface area contributed by atoms with Crippen molar-refractivity contribution in [3.63, 3.8) is 0 Å². The molecule has 150 valence electrons. The predicted octanol–water partition coefficient (Wildman–Crippen LogP) is 3.53. The van der Waals surface area contributed by atoms with Gasteiger partial charge in [0, 0.05) is 43.4 Å². The molecule has 1 aromatic carbocycles. The van der Waals surface area contributed by atoms with Gasteiger partial charge in [0.2, 0.25) is 5.95 Å². The summed E-state index contributed by atoms with van der Waals surface area (Å²) in [6, 6.07) is 10.3. The number of hydrogen-bond acceptors (Lipinski definition) is 5. The van der Waals surface area contributed by atoms with E-state index in [-0.39, 0.29) is 12.1 Å². The monoisotopic (exact) mass is 446 g/mol. The van der Waals surface area contributed by atoms with Gasteiger partial charge in [-0.25, -0.2) is 9.78 Å². The second-order valence-electron chi connectivity index (χ2n) is 7.28. The molecule has 3 N–H and O–H groups in total. The summed E-state index contributed by atoms with van der Waals surface area (Å²) in [7, 11) is 3.93. The number of aromatic nitrogens is 2. The van der Waals surface area contributed by atoms with Crippen LogP contribution in [-0.4, -0.2) is 42.2 Å². The molecule has 1 saturated carbocycles. The van der Waals surface area contributed by atoms with E-state index in [9.17, 15) is 4.79 Å². The molecule has 0 aliphatic heterocycles. The molecule has 28 heavy (non-hydrogen) atoms. The SMILES string of the molecule is CN(C)c1ccnc(NC2CCC(NC(=O)NCc3ccc(Br)cc3)CC2)n1. The van der Waals surface area contributed by atoms with Crippen LogP contribution in [0.3, 0.4) is 0 Å². The molecule has 2 amide bonds. The highest BCUT2D eigenvalue weighted by molar-refractivity contribution is 9.10. The first kappa shape index (κ1) is 20.4. The highest BCUT2D eigenvalue weighted by Crippen LogP contribution is 2.21. The van der Waals surface area contributed by atoms with Crippen molar-refractivity contribution in [2.24, 2.45) is 0 Å². The van der Waals surface area contributed by atoms with Crippen molar-refractivity contribution in [3.05, 3.63) is 46.6 Å². The number of anilines is 2. The van der Waals surface area contributed by atoms with E-state index < -0.39 is 0 Å². The zero-order valence-electron chi connectivity index (χ0n) is 16.3. The number of halogens is 1. The molecule has 1 aliphatic rings. The van der Waals surface area contributed by atoms with Crippen LogP contribution < -0.4 is 20.9 Å². The molecule has 3 rings (SSSR count). The van der Waals surface area contributed by atoms with Crippen molar-refractivity contribution in [1.82, 2.24) is 20.6 Å². The molecule has 0 unspecified atom stereocenters. The van der Waals surface area contributed by atoms with Gasteiger partial charge < -0.3 is 20.9 Å². The number of urea groups is 1. The fraction of sp³-hybridized carbons (Fsp3) is 0.450. The molecule has 1 aromatic heterocycles. The maximum atomic E-state index is 12.2. The quantitative estimate of drug-likeness (QED) is 0.631. The molecule has 0 bridgehead atoms. The van der Waals surface area contributed by atoms with E-state index in [1.54, 1.807) is 6.20 Å². The molecular weight excluding hydrogens is 420 g/mol. The van der Waals surface area contributed by atoms with E-state index in [0.29, 0.717) is 18.5 Å². The fourth-order valence-electron chi connectivity index (χ4n) is 3.25. The molecule has 0 atom stereocenters. The van der Waals surface area contributed by atoms with Gasteiger partial charge >= 0.3 is 6.03 Å². The van der Waals surface area contributed by atoms with Crippen molar-refractivity contribution in [3.8, 4) is 0 Å². The molecule has 2 aromatic rings. The van der Waals surface area contributed by atoms with Crippen molar-refractivity contribution < 1.29 is 4.79 Å². The number of nitrogens with zero attached hydrogens (tertiary/aromatic N) is 3. The van der Waals surface area contributed by atoms with E-state index in [1.807, 2.05) is 49.3 Å². The van der Waals surface area contributed by atoms with E-state index >= 15 is 0 Å². The number of carbonyl (C=O) groups is 1. The third kappa shape index (κ3) is 6.09. The number of nitrogens with one attached hydrogen (secondary N) is 3. The van der Waals surface area contributed by atoms with Gasteiger partial charge in [0.05, 0.1) is 0 Å². The average Bonchev–Trinajstić information content (AvgIpc) is 2.69. The van der Waals surface area contributed by atoms with Gasteiger partial charge in [-0.1, -0.05) is 28.1 Å². The summed E-state index contributed by atoms with van der Waals surface area (Å²) in [5.74, 6) is 1.55. The lowest BCUT2D eigenvalue weighted by atomic mass is 9.91. The van der Waals surface area contributed by atoms with Crippen molar-refractivity contribution in [2.45, 2.75) is 44.3 Å². The Labute approximate surface area is 174 Å². The number of hydrogen-bond donors (Lipinski definition) is 3. The standard InChI is InChI=1S/C20H27BrN6O/c1-27(2)18-11-12-22-19(26-18)24-16-7-9-17(10-8-16)25-20(28)23-13-14-3-5-15(21)6-4-14/h3-6,11-12,16-17H,7-10,13H2,1-2H3,(H,22,24,26)(H2,23,25,28). The molecule has 0 saturated heterocycles. The van der Waals surface area contributed by atoms with Crippen LogP contribution in [0.4, 0.5) is 16.6 Å². The lowest BCUT2D eigenvalue weighted by Gasteiger charge is -2.29. The third-order valence-corrected chi connectivity index (χ3v) is 5.39. The van der Waals surface area contributed by atoms with Crippen LogP contribution in [0.1, 0.15) is 31.2 Å². The van der Waals surface area contributed by atoms with Crippen LogP contribution in [0.5, 0.6) is 0 Å². The van der Waals surface area contributed by atoms with E-state index in [2.05, 4.69) is 41.8 Å². The molecule has 0 radical (unpaired) electrons. The minimum Gasteiger partial charge on any atom is -0.363 e. The van der Waals surface area contributed by atoms with E-state index in [4.69, 9.17) is 0 Å². The average molecular weight is 447 g/mol. The number of carbonyl (C=O) groups excluding carboxylic acids is 1. The third-order valence-electron chi connectivity index (χ3n) is 4.86. The smallest absolute Gasteiger partial charge is 0.315 e. The van der Waals surface area contributed by atoms with Gasteiger partial charge in [-0.15, -0.1) is 0 Å². The second kappa shape index (κ2) is 9.73.